The van der Waals surface area contributed by atoms with Gasteiger partial charge in [-0.2, -0.15) is 0 Å². The Morgan fingerprint density at radius 1 is 1.00 bits per heavy atom. The second kappa shape index (κ2) is 9.05. The zero-order valence-electron chi connectivity index (χ0n) is 17.4. The predicted molar refractivity (Wildman–Crippen MR) is 124 cm³/mol. The molecule has 2 heterocycles. The van der Waals surface area contributed by atoms with Crippen LogP contribution in [0.5, 0.6) is 0 Å². The monoisotopic (exact) mass is 502 g/mol. The fourth-order valence-corrected chi connectivity index (χ4v) is 4.97. The number of halogens is 2. The number of rotatable bonds is 5. The van der Waals surface area contributed by atoms with Crippen LogP contribution in [0.25, 0.3) is 0 Å². The molecule has 2 atom stereocenters. The van der Waals surface area contributed by atoms with E-state index in [4.69, 9.17) is 27.9 Å². The molecule has 33 heavy (non-hydrogen) atoms. The van der Waals surface area contributed by atoms with Gasteiger partial charge in [-0.15, -0.1) is 0 Å². The molecule has 0 bridgehead atoms. The van der Waals surface area contributed by atoms with Crippen molar-refractivity contribution in [1.82, 2.24) is 4.98 Å². The number of methoxy groups -OCH3 is 1. The third-order valence-corrected chi connectivity index (χ3v) is 6.93. The van der Waals surface area contributed by atoms with E-state index in [0.717, 1.165) is 11.3 Å². The van der Waals surface area contributed by atoms with Gasteiger partial charge in [-0.25, -0.2) is 9.78 Å². The first-order valence-corrected chi connectivity index (χ1v) is 11.3. The van der Waals surface area contributed by atoms with Gasteiger partial charge in [-0.05, 0) is 48.9 Å². The Hall–Kier alpha value is -3.07. The summed E-state index contributed by atoms with van der Waals surface area (Å²) < 4.78 is 4.77. The van der Waals surface area contributed by atoms with Crippen LogP contribution >= 0.6 is 34.5 Å². The number of amides is 1. The minimum atomic E-state index is -1.31. The molecule has 2 aromatic carbocycles. The number of benzene rings is 2. The Morgan fingerprint density at radius 2 is 1.58 bits per heavy atom. The molecular formula is C23H16Cl2N2O5S. The molecular weight excluding hydrogens is 487 g/mol. The number of ketones is 2. The molecule has 1 fully saturated rings. The van der Waals surface area contributed by atoms with Crippen molar-refractivity contribution in [3.8, 4) is 0 Å². The summed E-state index contributed by atoms with van der Waals surface area (Å²) in [6.07, 6.45) is 0. The van der Waals surface area contributed by atoms with Crippen LogP contribution in [0.3, 0.4) is 0 Å². The van der Waals surface area contributed by atoms with Gasteiger partial charge in [0.2, 0.25) is 5.78 Å². The molecule has 10 heteroatoms. The van der Waals surface area contributed by atoms with E-state index in [1.54, 1.807) is 31.2 Å². The van der Waals surface area contributed by atoms with Crippen LogP contribution in [-0.2, 0) is 14.3 Å². The number of hydrogen-bond donors (Lipinski definition) is 0. The minimum absolute atomic E-state index is 0.123. The molecule has 0 aliphatic carbocycles. The number of ether oxygens (including phenoxy) is 1. The minimum Gasteiger partial charge on any atom is -0.465 e. The van der Waals surface area contributed by atoms with Gasteiger partial charge in [0.05, 0.1) is 18.8 Å². The Bertz CT molecular complexity index is 1270. The molecule has 1 saturated heterocycles. The van der Waals surface area contributed by atoms with Crippen LogP contribution in [0.4, 0.5) is 5.13 Å². The summed E-state index contributed by atoms with van der Waals surface area (Å²) in [5.41, 5.74) is 1.12. The van der Waals surface area contributed by atoms with E-state index in [2.05, 4.69) is 4.98 Å². The first-order chi connectivity index (χ1) is 15.7. The van der Waals surface area contributed by atoms with E-state index in [9.17, 15) is 19.2 Å². The molecule has 1 aromatic heterocycles. The fourth-order valence-electron chi connectivity index (χ4n) is 3.70. The van der Waals surface area contributed by atoms with Gasteiger partial charge in [0, 0.05) is 15.6 Å². The molecule has 3 aromatic rings. The molecule has 7 nitrogen and oxygen atoms in total. The van der Waals surface area contributed by atoms with Gasteiger partial charge in [0.15, 0.2) is 10.9 Å². The van der Waals surface area contributed by atoms with Crippen LogP contribution < -0.4 is 4.90 Å². The van der Waals surface area contributed by atoms with E-state index < -0.39 is 35.4 Å². The predicted octanol–water partition coefficient (Wildman–Crippen LogP) is 4.70. The van der Waals surface area contributed by atoms with Crippen LogP contribution in [-0.4, -0.2) is 35.5 Å². The Balaban J connectivity index is 1.85. The maximum absolute atomic E-state index is 13.4. The third-order valence-electron chi connectivity index (χ3n) is 5.29. The molecule has 0 spiro atoms. The maximum atomic E-state index is 13.4. The number of carbonyl (C=O) groups excluding carboxylic acids is 4. The van der Waals surface area contributed by atoms with Crippen molar-refractivity contribution >= 4 is 63.1 Å². The molecule has 168 valence electrons. The zero-order chi connectivity index (χ0) is 23.9. The molecule has 2 unspecified atom stereocenters. The summed E-state index contributed by atoms with van der Waals surface area (Å²) in [7, 11) is 1.24. The van der Waals surface area contributed by atoms with Crippen LogP contribution in [0.2, 0.25) is 10.0 Å². The van der Waals surface area contributed by atoms with E-state index >= 15 is 0 Å². The lowest BCUT2D eigenvalue weighted by Gasteiger charge is -2.25. The Morgan fingerprint density at radius 3 is 2.15 bits per heavy atom. The van der Waals surface area contributed by atoms with Crippen molar-refractivity contribution < 1.29 is 23.9 Å². The number of aryl methyl sites for hydroxylation is 1. The summed E-state index contributed by atoms with van der Waals surface area (Å²) in [6, 6.07) is 11.6. The number of hydrogen-bond acceptors (Lipinski definition) is 7. The Labute approximate surface area is 202 Å². The van der Waals surface area contributed by atoms with Gasteiger partial charge in [-0.1, -0.05) is 46.7 Å². The molecule has 1 amide bonds. The second-order valence-corrected chi connectivity index (χ2v) is 9.14. The SMILES string of the molecule is COC(=O)c1sc(N2C(=O)C(=O)C(C(=O)c3ccc(Cl)cc3)C2c2ccc(Cl)cc2)nc1C. The van der Waals surface area contributed by atoms with Crippen molar-refractivity contribution in [2.24, 2.45) is 5.92 Å². The van der Waals surface area contributed by atoms with Crippen LogP contribution in [0, 0.1) is 12.8 Å². The van der Waals surface area contributed by atoms with E-state index in [-0.39, 0.29) is 15.6 Å². The molecule has 4 rings (SSSR count). The first-order valence-electron chi connectivity index (χ1n) is 9.71. The summed E-state index contributed by atoms with van der Waals surface area (Å²) in [6.45, 7) is 1.60. The van der Waals surface area contributed by atoms with Gasteiger partial charge in [0.1, 0.15) is 10.8 Å². The molecule has 1 aliphatic rings. The van der Waals surface area contributed by atoms with Crippen molar-refractivity contribution in [2.45, 2.75) is 13.0 Å². The largest absolute Gasteiger partial charge is 0.465 e. The van der Waals surface area contributed by atoms with Crippen molar-refractivity contribution in [3.05, 3.63) is 80.3 Å². The van der Waals surface area contributed by atoms with Gasteiger partial charge in [-0.3, -0.25) is 19.3 Å². The lowest BCUT2D eigenvalue weighted by Crippen LogP contribution is -2.30. The highest BCUT2D eigenvalue weighted by molar-refractivity contribution is 7.17. The quantitative estimate of drug-likeness (QED) is 0.217. The van der Waals surface area contributed by atoms with Gasteiger partial charge >= 0.3 is 5.97 Å². The molecule has 0 radical (unpaired) electrons. The lowest BCUT2D eigenvalue weighted by atomic mass is 9.86. The van der Waals surface area contributed by atoms with Gasteiger partial charge in [0.25, 0.3) is 5.91 Å². The highest BCUT2D eigenvalue weighted by Crippen LogP contribution is 2.43. The van der Waals surface area contributed by atoms with E-state index in [1.807, 2.05) is 0 Å². The highest BCUT2D eigenvalue weighted by atomic mass is 35.5. The van der Waals surface area contributed by atoms with Crippen molar-refractivity contribution in [2.75, 3.05) is 12.0 Å². The molecule has 0 N–H and O–H groups in total. The second-order valence-electron chi connectivity index (χ2n) is 7.29. The molecule has 0 saturated carbocycles. The van der Waals surface area contributed by atoms with Crippen molar-refractivity contribution in [1.29, 1.82) is 0 Å². The number of esters is 1. The standard InChI is InChI=1S/C23H16Cl2N2O5S/c1-11-20(22(31)32-2)33-23(26-11)27-17(12-3-7-14(24)8-4-12)16(19(29)21(27)30)18(28)13-5-9-15(25)10-6-13/h3-10,16-17H,1-2H3. The smallest absolute Gasteiger partial charge is 0.350 e. The summed E-state index contributed by atoms with van der Waals surface area (Å²) in [5.74, 6) is -4.18. The first kappa shape index (κ1) is 23.1. The van der Waals surface area contributed by atoms with E-state index in [1.165, 1.54) is 36.3 Å². The average molecular weight is 503 g/mol. The fraction of sp³-hybridized carbons (Fsp3) is 0.174. The maximum Gasteiger partial charge on any atom is 0.350 e. The number of Topliss-reactive ketones (excluding diaryl/α,β-unsaturated/α-hetero) is 2. The summed E-state index contributed by atoms with van der Waals surface area (Å²) >= 11 is 12.9. The normalized spacial score (nSPS) is 18.0. The Kier molecular flexibility index (Phi) is 6.34. The number of anilines is 1. The topological polar surface area (TPSA) is 93.6 Å². The lowest BCUT2D eigenvalue weighted by molar-refractivity contribution is -0.135. The summed E-state index contributed by atoms with van der Waals surface area (Å²) in [5, 5.41) is 1.02. The summed E-state index contributed by atoms with van der Waals surface area (Å²) in [4.78, 5) is 57.5. The molecule has 1 aliphatic heterocycles. The number of carbonyl (C=O) groups is 4. The number of thiazole rings is 1. The van der Waals surface area contributed by atoms with E-state index in [0.29, 0.717) is 21.3 Å². The zero-order valence-corrected chi connectivity index (χ0v) is 19.7. The number of nitrogens with zero attached hydrogens (tertiary/aromatic N) is 2. The average Bonchev–Trinajstić information content (AvgIpc) is 3.31. The van der Waals surface area contributed by atoms with Crippen molar-refractivity contribution in [3.63, 3.8) is 0 Å². The van der Waals surface area contributed by atoms with Crippen LogP contribution in [0.1, 0.15) is 37.3 Å². The van der Waals surface area contributed by atoms with Crippen LogP contribution in [0.15, 0.2) is 48.5 Å². The highest BCUT2D eigenvalue weighted by Gasteiger charge is 2.53. The third kappa shape index (κ3) is 4.17. The number of aromatic nitrogens is 1. The van der Waals surface area contributed by atoms with Gasteiger partial charge < -0.3 is 4.74 Å².